The van der Waals surface area contributed by atoms with Gasteiger partial charge in [0, 0.05) is 18.0 Å². The number of nitrogens with zero attached hydrogens (tertiary/aromatic N) is 3. The molecule has 2 rings (SSSR count). The summed E-state index contributed by atoms with van der Waals surface area (Å²) in [5.74, 6) is -0.244. The first kappa shape index (κ1) is 11.3. The van der Waals surface area contributed by atoms with Crippen LogP contribution < -0.4 is 5.59 Å². The number of Topliss-reactive ketones (excluding diaryl/α,β-unsaturated/α-hetero) is 1. The van der Waals surface area contributed by atoms with Crippen LogP contribution in [0.4, 0.5) is 0 Å². The van der Waals surface area contributed by atoms with Crippen molar-refractivity contribution in [2.75, 3.05) is 0 Å². The second-order valence-electron chi connectivity index (χ2n) is 4.48. The van der Waals surface area contributed by atoms with Crippen LogP contribution in [0.15, 0.2) is 12.4 Å². The van der Waals surface area contributed by atoms with Crippen LogP contribution in [-0.2, 0) is 0 Å². The van der Waals surface area contributed by atoms with Crippen molar-refractivity contribution >= 4 is 30.4 Å². The first-order valence-electron chi connectivity index (χ1n) is 5.22. The number of rotatable bonds is 2. The van der Waals surface area contributed by atoms with Gasteiger partial charge in [-0.1, -0.05) is 0 Å². The van der Waals surface area contributed by atoms with Gasteiger partial charge in [-0.05, 0) is 13.8 Å². The van der Waals surface area contributed by atoms with Gasteiger partial charge in [-0.2, -0.15) is 5.26 Å². The molecule has 1 N–H and O–H groups in total. The summed E-state index contributed by atoms with van der Waals surface area (Å²) in [5.41, 5.74) is 1.19. The number of hydrogen-bond acceptors (Lipinski definition) is 4. The van der Waals surface area contributed by atoms with E-state index >= 15 is 0 Å². The highest BCUT2D eigenvalue weighted by molar-refractivity contribution is 6.31. The third-order valence-corrected chi connectivity index (χ3v) is 2.59. The van der Waals surface area contributed by atoms with E-state index in [1.807, 2.05) is 13.9 Å². The smallest absolute Gasteiger partial charge is 0.186 e. The molecule has 0 amide bonds. The number of nitriles is 1. The molecule has 0 saturated heterocycles. The van der Waals surface area contributed by atoms with E-state index < -0.39 is 5.41 Å². The summed E-state index contributed by atoms with van der Waals surface area (Å²) in [6, 6.07) is 2.00. The van der Waals surface area contributed by atoms with E-state index in [2.05, 4.69) is 15.0 Å². The number of carbonyl (C=O) groups excluding carboxylic acids is 1. The predicted molar refractivity (Wildman–Crippen MR) is 65.8 cm³/mol. The molecular formula is C11H11BN4O. The van der Waals surface area contributed by atoms with Crippen molar-refractivity contribution in [2.24, 2.45) is 5.41 Å². The Balaban J connectivity index is 2.61. The van der Waals surface area contributed by atoms with Gasteiger partial charge in [0.25, 0.3) is 0 Å². The zero-order chi connectivity index (χ0) is 12.6. The van der Waals surface area contributed by atoms with Gasteiger partial charge in [0.1, 0.15) is 10.9 Å². The number of carbonyl (C=O) groups is 1. The fourth-order valence-electron chi connectivity index (χ4n) is 1.54. The Bertz CT molecular complexity index is 638. The number of hydrogen-bond donors (Lipinski definition) is 1. The Morgan fingerprint density at radius 1 is 1.59 bits per heavy atom. The number of ketones is 1. The maximum atomic E-state index is 12.2. The highest BCUT2D eigenvalue weighted by atomic mass is 16.1. The lowest BCUT2D eigenvalue weighted by Crippen LogP contribution is -2.22. The molecule has 0 aliphatic rings. The lowest BCUT2D eigenvalue weighted by atomic mass is 9.86. The number of aromatic amines is 1. The first-order chi connectivity index (χ1) is 7.95. The van der Waals surface area contributed by atoms with E-state index in [1.54, 1.807) is 26.2 Å². The molecule has 0 aliphatic heterocycles. The van der Waals surface area contributed by atoms with Gasteiger partial charge in [0.15, 0.2) is 19.3 Å². The van der Waals surface area contributed by atoms with Gasteiger partial charge in [-0.3, -0.25) is 9.78 Å². The van der Waals surface area contributed by atoms with Crippen LogP contribution in [0.3, 0.4) is 0 Å². The van der Waals surface area contributed by atoms with Crippen LogP contribution in [-0.4, -0.2) is 28.6 Å². The molecule has 0 aromatic carbocycles. The molecule has 0 radical (unpaired) electrons. The van der Waals surface area contributed by atoms with Crippen LogP contribution in [0.1, 0.15) is 24.2 Å². The van der Waals surface area contributed by atoms with Crippen molar-refractivity contribution < 1.29 is 4.79 Å². The standard InChI is InChI=1S/C11H11BN4O/c1-11(2,5-13)9(17)6-3-14-10-8(6)16-7(12)4-15-10/h3-4H,12H2,1-2H3,(H,14,15). The molecule has 84 valence electrons. The van der Waals surface area contributed by atoms with Crippen LogP contribution in [0, 0.1) is 16.7 Å². The topological polar surface area (TPSA) is 82.4 Å². The summed E-state index contributed by atoms with van der Waals surface area (Å²) in [6.07, 6.45) is 3.19. The molecule has 2 aromatic rings. The van der Waals surface area contributed by atoms with E-state index in [0.29, 0.717) is 16.7 Å². The van der Waals surface area contributed by atoms with Gasteiger partial charge in [0.2, 0.25) is 0 Å². The van der Waals surface area contributed by atoms with Crippen LogP contribution in [0.2, 0.25) is 0 Å². The summed E-state index contributed by atoms with van der Waals surface area (Å²) in [6.45, 7) is 3.19. The third kappa shape index (κ3) is 1.80. The fraction of sp³-hybridized carbons (Fsp3) is 0.273. The van der Waals surface area contributed by atoms with Gasteiger partial charge in [-0.15, -0.1) is 0 Å². The molecule has 0 unspecified atom stereocenters. The van der Waals surface area contributed by atoms with Gasteiger partial charge >= 0.3 is 0 Å². The molecule has 0 aliphatic carbocycles. The second kappa shape index (κ2) is 3.70. The normalized spacial score (nSPS) is 11.4. The zero-order valence-corrected chi connectivity index (χ0v) is 9.90. The molecule has 2 heterocycles. The van der Waals surface area contributed by atoms with Crippen molar-refractivity contribution in [3.8, 4) is 6.07 Å². The molecule has 0 atom stereocenters. The van der Waals surface area contributed by atoms with Crippen LogP contribution >= 0.6 is 0 Å². The Hall–Kier alpha value is -2.16. The molecular weight excluding hydrogens is 215 g/mol. The summed E-state index contributed by atoms with van der Waals surface area (Å²) in [7, 11) is 1.81. The minimum atomic E-state index is -1.06. The molecule has 5 nitrogen and oxygen atoms in total. The number of fused-ring (bicyclic) bond motifs is 1. The summed E-state index contributed by atoms with van der Waals surface area (Å²) < 4.78 is 0. The van der Waals surface area contributed by atoms with Crippen molar-refractivity contribution in [3.05, 3.63) is 18.0 Å². The van der Waals surface area contributed by atoms with E-state index in [9.17, 15) is 4.79 Å². The van der Waals surface area contributed by atoms with Gasteiger partial charge < -0.3 is 4.98 Å². The maximum absolute atomic E-state index is 12.2. The Labute approximate surface area is 99.3 Å². The van der Waals surface area contributed by atoms with Gasteiger partial charge in [-0.25, -0.2) is 4.98 Å². The lowest BCUT2D eigenvalue weighted by Gasteiger charge is -2.12. The van der Waals surface area contributed by atoms with E-state index in [-0.39, 0.29) is 5.78 Å². The largest absolute Gasteiger partial charge is 0.344 e. The average molecular weight is 226 g/mol. The minimum Gasteiger partial charge on any atom is -0.344 e. The van der Waals surface area contributed by atoms with Crippen molar-refractivity contribution in [1.82, 2.24) is 15.0 Å². The number of aromatic nitrogens is 3. The third-order valence-electron chi connectivity index (χ3n) is 2.59. The molecule has 6 heteroatoms. The highest BCUT2D eigenvalue weighted by Crippen LogP contribution is 2.24. The molecule has 0 spiro atoms. The van der Waals surface area contributed by atoms with Crippen molar-refractivity contribution in [2.45, 2.75) is 13.8 Å². The molecule has 0 saturated carbocycles. The second-order valence-corrected chi connectivity index (χ2v) is 4.48. The predicted octanol–water partition coefficient (Wildman–Crippen LogP) is -0.0512. The Morgan fingerprint density at radius 2 is 2.29 bits per heavy atom. The van der Waals surface area contributed by atoms with Crippen molar-refractivity contribution in [1.29, 1.82) is 5.26 Å². The van der Waals surface area contributed by atoms with Gasteiger partial charge in [0.05, 0.1) is 11.6 Å². The Kier molecular flexibility index (Phi) is 2.47. The van der Waals surface area contributed by atoms with Crippen LogP contribution in [0.25, 0.3) is 11.2 Å². The first-order valence-corrected chi connectivity index (χ1v) is 5.22. The Morgan fingerprint density at radius 3 is 2.94 bits per heavy atom. The maximum Gasteiger partial charge on any atom is 0.186 e. The fourth-order valence-corrected chi connectivity index (χ4v) is 1.54. The molecule has 17 heavy (non-hydrogen) atoms. The molecule has 0 bridgehead atoms. The lowest BCUT2D eigenvalue weighted by molar-refractivity contribution is 0.0893. The highest BCUT2D eigenvalue weighted by Gasteiger charge is 2.30. The molecule has 2 aromatic heterocycles. The van der Waals surface area contributed by atoms with E-state index in [4.69, 9.17) is 5.26 Å². The summed E-state index contributed by atoms with van der Waals surface area (Å²) in [4.78, 5) is 23.5. The zero-order valence-electron chi connectivity index (χ0n) is 9.90. The number of H-pyrrole nitrogens is 1. The monoisotopic (exact) mass is 226 g/mol. The number of nitrogens with one attached hydrogen (secondary N) is 1. The summed E-state index contributed by atoms with van der Waals surface area (Å²) >= 11 is 0. The van der Waals surface area contributed by atoms with Crippen LogP contribution in [0.5, 0.6) is 0 Å². The SMILES string of the molecule is Bc1cnc2[nH]cc(C(=O)C(C)(C)C#N)c2n1. The minimum absolute atomic E-state index is 0.244. The van der Waals surface area contributed by atoms with E-state index in [1.165, 1.54) is 0 Å². The van der Waals surface area contributed by atoms with E-state index in [0.717, 1.165) is 5.59 Å². The summed E-state index contributed by atoms with van der Waals surface area (Å²) in [5, 5.41) is 8.97. The molecule has 0 fully saturated rings. The average Bonchev–Trinajstić information content (AvgIpc) is 2.70. The quantitative estimate of drug-likeness (QED) is 0.574. The van der Waals surface area contributed by atoms with Crippen molar-refractivity contribution in [3.63, 3.8) is 0 Å².